The van der Waals surface area contributed by atoms with Crippen LogP contribution in [-0.4, -0.2) is 35.5 Å². The molecule has 0 saturated carbocycles. The summed E-state index contributed by atoms with van der Waals surface area (Å²) in [5.41, 5.74) is 2.48. The van der Waals surface area contributed by atoms with E-state index in [1.165, 1.54) is 0 Å². The molecule has 0 bridgehead atoms. The monoisotopic (exact) mass is 368 g/mol. The highest BCUT2D eigenvalue weighted by molar-refractivity contribution is 5.73. The Morgan fingerprint density at radius 1 is 1.15 bits per heavy atom. The molecule has 0 saturated heterocycles. The highest BCUT2D eigenvalue weighted by atomic mass is 16.5. The first-order valence-corrected chi connectivity index (χ1v) is 8.36. The van der Waals surface area contributed by atoms with Crippen molar-refractivity contribution in [3.8, 4) is 22.6 Å². The van der Waals surface area contributed by atoms with E-state index in [1.807, 2.05) is 42.5 Å². The standard InChI is InChI=1S/C20H20N2O5/c1-12-21-22-20(27-12)17(11-19(23)24)14-6-4-5-13(9-14)16-10-15(25-2)7-8-18(16)26-3/h4-10,17H,11H2,1-3H3,(H,23,24). The van der Waals surface area contributed by atoms with Crippen LogP contribution in [0.5, 0.6) is 11.5 Å². The van der Waals surface area contributed by atoms with Gasteiger partial charge in [-0.15, -0.1) is 10.2 Å². The molecule has 0 radical (unpaired) electrons. The van der Waals surface area contributed by atoms with E-state index >= 15 is 0 Å². The largest absolute Gasteiger partial charge is 0.497 e. The van der Waals surface area contributed by atoms with Gasteiger partial charge in [0.2, 0.25) is 11.8 Å². The van der Waals surface area contributed by atoms with Crippen molar-refractivity contribution < 1.29 is 23.8 Å². The normalized spacial score (nSPS) is 11.8. The Hall–Kier alpha value is -3.35. The summed E-state index contributed by atoms with van der Waals surface area (Å²) in [6.07, 6.45) is -0.152. The number of nitrogens with zero attached hydrogens (tertiary/aromatic N) is 2. The van der Waals surface area contributed by atoms with E-state index < -0.39 is 11.9 Å². The Morgan fingerprint density at radius 3 is 2.59 bits per heavy atom. The van der Waals surface area contributed by atoms with E-state index in [0.29, 0.717) is 17.4 Å². The van der Waals surface area contributed by atoms with Crippen molar-refractivity contribution in [2.45, 2.75) is 19.3 Å². The molecule has 1 atom stereocenters. The van der Waals surface area contributed by atoms with Crippen LogP contribution < -0.4 is 9.47 Å². The highest BCUT2D eigenvalue weighted by Gasteiger charge is 2.24. The lowest BCUT2D eigenvalue weighted by Crippen LogP contribution is -2.08. The molecule has 2 aromatic carbocycles. The first-order chi connectivity index (χ1) is 13.0. The molecule has 0 spiro atoms. The predicted octanol–water partition coefficient (Wildman–Crippen LogP) is 3.67. The number of carbonyl (C=O) groups is 1. The van der Waals surface area contributed by atoms with Gasteiger partial charge in [0, 0.05) is 12.5 Å². The lowest BCUT2D eigenvalue weighted by Gasteiger charge is -2.15. The van der Waals surface area contributed by atoms with Crippen molar-refractivity contribution in [3.05, 3.63) is 59.8 Å². The minimum Gasteiger partial charge on any atom is -0.497 e. The van der Waals surface area contributed by atoms with Crippen LogP contribution >= 0.6 is 0 Å². The van der Waals surface area contributed by atoms with Crippen LogP contribution in [0.25, 0.3) is 11.1 Å². The Balaban J connectivity index is 2.07. The summed E-state index contributed by atoms with van der Waals surface area (Å²) < 4.78 is 16.3. The number of aryl methyl sites for hydroxylation is 1. The van der Waals surface area contributed by atoms with Crippen LogP contribution in [0.1, 0.15) is 29.7 Å². The van der Waals surface area contributed by atoms with Crippen LogP contribution in [0.3, 0.4) is 0 Å². The second-order valence-electron chi connectivity index (χ2n) is 6.00. The quantitative estimate of drug-likeness (QED) is 0.680. The van der Waals surface area contributed by atoms with Crippen molar-refractivity contribution >= 4 is 5.97 Å². The number of rotatable bonds is 7. The molecule has 0 fully saturated rings. The van der Waals surface area contributed by atoms with Gasteiger partial charge in [0.1, 0.15) is 11.5 Å². The van der Waals surface area contributed by atoms with Gasteiger partial charge in [0.25, 0.3) is 0 Å². The number of carboxylic acid groups (broad SMARTS) is 1. The molecule has 3 rings (SSSR count). The van der Waals surface area contributed by atoms with E-state index in [1.54, 1.807) is 21.1 Å². The van der Waals surface area contributed by atoms with Crippen LogP contribution in [0, 0.1) is 6.92 Å². The Kier molecular flexibility index (Phi) is 5.40. The summed E-state index contributed by atoms with van der Waals surface area (Å²) in [7, 11) is 3.20. The maximum absolute atomic E-state index is 11.4. The third kappa shape index (κ3) is 4.08. The zero-order chi connectivity index (χ0) is 19.4. The molecule has 0 aliphatic rings. The fraction of sp³-hybridized carbons (Fsp3) is 0.250. The van der Waals surface area contributed by atoms with Crippen LogP contribution in [0.15, 0.2) is 46.9 Å². The van der Waals surface area contributed by atoms with Crippen LogP contribution in [0.4, 0.5) is 0 Å². The number of aromatic nitrogens is 2. The van der Waals surface area contributed by atoms with Gasteiger partial charge in [-0.2, -0.15) is 0 Å². The summed E-state index contributed by atoms with van der Waals surface area (Å²) in [4.78, 5) is 11.4. The number of carboxylic acids is 1. The molecule has 0 aliphatic heterocycles. The molecule has 0 aliphatic carbocycles. The molecule has 27 heavy (non-hydrogen) atoms. The second-order valence-corrected chi connectivity index (χ2v) is 6.00. The Morgan fingerprint density at radius 2 is 1.96 bits per heavy atom. The Bertz CT molecular complexity index is 951. The maximum atomic E-state index is 11.4. The summed E-state index contributed by atoms with van der Waals surface area (Å²) >= 11 is 0. The summed E-state index contributed by atoms with van der Waals surface area (Å²) in [5.74, 6) is 0.582. The second kappa shape index (κ2) is 7.90. The molecule has 7 heteroatoms. The van der Waals surface area contributed by atoms with Gasteiger partial charge in [-0.05, 0) is 29.3 Å². The molecule has 3 aromatic rings. The van der Waals surface area contributed by atoms with Gasteiger partial charge < -0.3 is 19.0 Å². The number of methoxy groups -OCH3 is 2. The maximum Gasteiger partial charge on any atom is 0.304 e. The summed E-state index contributed by atoms with van der Waals surface area (Å²) in [6.45, 7) is 1.67. The van der Waals surface area contributed by atoms with Gasteiger partial charge in [0.05, 0.1) is 26.6 Å². The average molecular weight is 368 g/mol. The van der Waals surface area contributed by atoms with E-state index in [-0.39, 0.29) is 12.3 Å². The Labute approximate surface area is 156 Å². The van der Waals surface area contributed by atoms with Crippen molar-refractivity contribution in [1.82, 2.24) is 10.2 Å². The molecule has 1 aromatic heterocycles. The minimum absolute atomic E-state index is 0.152. The van der Waals surface area contributed by atoms with Crippen LogP contribution in [0.2, 0.25) is 0 Å². The van der Waals surface area contributed by atoms with E-state index in [0.717, 1.165) is 16.7 Å². The summed E-state index contributed by atoms with van der Waals surface area (Å²) in [6, 6.07) is 13.1. The van der Waals surface area contributed by atoms with Crippen molar-refractivity contribution in [2.24, 2.45) is 0 Å². The lowest BCUT2D eigenvalue weighted by atomic mass is 9.92. The molecular weight excluding hydrogens is 348 g/mol. The zero-order valence-electron chi connectivity index (χ0n) is 15.3. The van der Waals surface area contributed by atoms with E-state index in [2.05, 4.69) is 10.2 Å². The number of aliphatic carboxylic acids is 1. The molecule has 1 unspecified atom stereocenters. The van der Waals surface area contributed by atoms with Crippen molar-refractivity contribution in [1.29, 1.82) is 0 Å². The SMILES string of the molecule is COc1ccc(OC)c(-c2cccc(C(CC(=O)O)c3nnc(C)o3)c2)c1. The number of hydrogen-bond donors (Lipinski definition) is 1. The molecular formula is C20H20N2O5. The first-order valence-electron chi connectivity index (χ1n) is 8.36. The van der Waals surface area contributed by atoms with E-state index in [4.69, 9.17) is 13.9 Å². The minimum atomic E-state index is -0.944. The third-order valence-corrected chi connectivity index (χ3v) is 4.23. The van der Waals surface area contributed by atoms with Gasteiger partial charge in [-0.1, -0.05) is 24.3 Å². The number of benzene rings is 2. The third-order valence-electron chi connectivity index (χ3n) is 4.23. The van der Waals surface area contributed by atoms with Crippen LogP contribution in [-0.2, 0) is 4.79 Å². The first kappa shape index (κ1) is 18.4. The number of hydrogen-bond acceptors (Lipinski definition) is 6. The lowest BCUT2D eigenvalue weighted by molar-refractivity contribution is -0.137. The highest BCUT2D eigenvalue weighted by Crippen LogP contribution is 2.36. The zero-order valence-corrected chi connectivity index (χ0v) is 15.3. The van der Waals surface area contributed by atoms with E-state index in [9.17, 15) is 9.90 Å². The molecule has 1 heterocycles. The topological polar surface area (TPSA) is 94.7 Å². The fourth-order valence-corrected chi connectivity index (χ4v) is 2.94. The molecule has 140 valence electrons. The predicted molar refractivity (Wildman–Crippen MR) is 98.1 cm³/mol. The molecule has 0 amide bonds. The van der Waals surface area contributed by atoms with Crippen molar-refractivity contribution in [3.63, 3.8) is 0 Å². The average Bonchev–Trinajstić information content (AvgIpc) is 3.11. The summed E-state index contributed by atoms with van der Waals surface area (Å²) in [5, 5.41) is 17.2. The van der Waals surface area contributed by atoms with Gasteiger partial charge in [-0.3, -0.25) is 4.79 Å². The smallest absolute Gasteiger partial charge is 0.304 e. The van der Waals surface area contributed by atoms with Gasteiger partial charge >= 0.3 is 5.97 Å². The fourth-order valence-electron chi connectivity index (χ4n) is 2.94. The molecule has 7 nitrogen and oxygen atoms in total. The number of ether oxygens (including phenoxy) is 2. The van der Waals surface area contributed by atoms with Gasteiger partial charge in [-0.25, -0.2) is 0 Å². The molecule has 1 N–H and O–H groups in total. The van der Waals surface area contributed by atoms with Crippen molar-refractivity contribution in [2.75, 3.05) is 14.2 Å². The van der Waals surface area contributed by atoms with Gasteiger partial charge in [0.15, 0.2) is 0 Å².